The molecule has 4 heteroatoms. The molecule has 0 radical (unpaired) electrons. The number of ketones is 1. The molecule has 0 atom stereocenters. The zero-order valence-electron chi connectivity index (χ0n) is 10.3. The van der Waals surface area contributed by atoms with Crippen molar-refractivity contribution in [3.8, 4) is 11.5 Å². The lowest BCUT2D eigenvalue weighted by Crippen LogP contribution is -1.96. The van der Waals surface area contributed by atoms with E-state index in [0.29, 0.717) is 17.7 Å². The van der Waals surface area contributed by atoms with E-state index in [0.717, 1.165) is 18.2 Å². The topological polar surface area (TPSA) is 26.3 Å². The van der Waals surface area contributed by atoms with Crippen molar-refractivity contribution in [2.45, 2.75) is 13.3 Å². The van der Waals surface area contributed by atoms with E-state index in [9.17, 15) is 13.6 Å². The number of ether oxygens (including phenoxy) is 1. The molecule has 0 aromatic heterocycles. The molecular weight excluding hydrogens is 250 g/mol. The Labute approximate surface area is 109 Å². The van der Waals surface area contributed by atoms with Crippen molar-refractivity contribution in [2.24, 2.45) is 0 Å². The third-order valence-corrected chi connectivity index (χ3v) is 2.62. The fraction of sp³-hybridized carbons (Fsp3) is 0.133. The van der Waals surface area contributed by atoms with Gasteiger partial charge in [-0.2, -0.15) is 0 Å². The first-order chi connectivity index (χ1) is 9.10. The van der Waals surface area contributed by atoms with Crippen LogP contribution in [0.1, 0.15) is 23.7 Å². The van der Waals surface area contributed by atoms with Crippen molar-refractivity contribution in [3.63, 3.8) is 0 Å². The van der Waals surface area contributed by atoms with Gasteiger partial charge >= 0.3 is 0 Å². The second kappa shape index (κ2) is 5.61. The van der Waals surface area contributed by atoms with Crippen molar-refractivity contribution < 1.29 is 18.3 Å². The van der Waals surface area contributed by atoms with Crippen LogP contribution in [0, 0.1) is 11.6 Å². The minimum absolute atomic E-state index is 0.0171. The lowest BCUT2D eigenvalue weighted by atomic mass is 10.1. The molecule has 0 aliphatic carbocycles. The number of halogens is 2. The van der Waals surface area contributed by atoms with Gasteiger partial charge in [-0.3, -0.25) is 4.79 Å². The quantitative estimate of drug-likeness (QED) is 0.766. The van der Waals surface area contributed by atoms with Gasteiger partial charge in [0.05, 0.1) is 0 Å². The third kappa shape index (κ3) is 3.16. The first kappa shape index (κ1) is 13.2. The van der Waals surface area contributed by atoms with Crippen LogP contribution in [0.2, 0.25) is 0 Å². The monoisotopic (exact) mass is 262 g/mol. The molecule has 0 saturated heterocycles. The highest BCUT2D eigenvalue weighted by Crippen LogP contribution is 2.25. The first-order valence-electron chi connectivity index (χ1n) is 5.86. The molecule has 0 spiro atoms. The molecule has 0 N–H and O–H groups in total. The van der Waals surface area contributed by atoms with Gasteiger partial charge in [-0.05, 0) is 36.4 Å². The van der Waals surface area contributed by atoms with E-state index in [2.05, 4.69) is 0 Å². The van der Waals surface area contributed by atoms with Gasteiger partial charge in [0.2, 0.25) is 0 Å². The van der Waals surface area contributed by atoms with Gasteiger partial charge in [-0.15, -0.1) is 0 Å². The Balaban J connectivity index is 2.19. The highest BCUT2D eigenvalue weighted by molar-refractivity contribution is 5.95. The summed E-state index contributed by atoms with van der Waals surface area (Å²) in [6.45, 7) is 1.77. The fourth-order valence-corrected chi connectivity index (χ4v) is 1.60. The van der Waals surface area contributed by atoms with Crippen LogP contribution in [0.4, 0.5) is 8.78 Å². The van der Waals surface area contributed by atoms with Crippen molar-refractivity contribution >= 4 is 5.78 Å². The summed E-state index contributed by atoms with van der Waals surface area (Å²) in [5.74, 6) is -1.04. The zero-order chi connectivity index (χ0) is 13.8. The molecule has 0 aliphatic rings. The second-order valence-corrected chi connectivity index (χ2v) is 3.98. The van der Waals surface area contributed by atoms with E-state index in [1.54, 1.807) is 31.2 Å². The molecule has 2 nitrogen and oxygen atoms in total. The maximum atomic E-state index is 13.4. The van der Waals surface area contributed by atoms with Crippen LogP contribution < -0.4 is 4.74 Å². The summed E-state index contributed by atoms with van der Waals surface area (Å²) in [7, 11) is 0. The Hall–Kier alpha value is -2.23. The van der Waals surface area contributed by atoms with Crippen molar-refractivity contribution in [2.75, 3.05) is 0 Å². The molecule has 0 heterocycles. The van der Waals surface area contributed by atoms with Gasteiger partial charge in [-0.1, -0.05) is 6.92 Å². The van der Waals surface area contributed by atoms with Crippen LogP contribution in [-0.2, 0) is 0 Å². The number of Topliss-reactive ketones (excluding diaryl/α,β-unsaturated/α-hetero) is 1. The summed E-state index contributed by atoms with van der Waals surface area (Å²) < 4.78 is 31.6. The maximum absolute atomic E-state index is 13.4. The lowest BCUT2D eigenvalue weighted by Gasteiger charge is -2.07. The normalized spacial score (nSPS) is 10.3. The smallest absolute Gasteiger partial charge is 0.165 e. The highest BCUT2D eigenvalue weighted by atomic mass is 19.1. The number of hydrogen-bond acceptors (Lipinski definition) is 2. The average Bonchev–Trinajstić information content (AvgIpc) is 2.43. The summed E-state index contributed by atoms with van der Waals surface area (Å²) in [5, 5.41) is 0. The van der Waals surface area contributed by atoms with Crippen LogP contribution in [-0.4, -0.2) is 5.78 Å². The Morgan fingerprint density at radius 3 is 2.42 bits per heavy atom. The minimum atomic E-state index is -0.643. The van der Waals surface area contributed by atoms with Gasteiger partial charge < -0.3 is 4.74 Å². The van der Waals surface area contributed by atoms with Crippen molar-refractivity contribution in [1.82, 2.24) is 0 Å². The van der Waals surface area contributed by atoms with E-state index < -0.39 is 11.6 Å². The van der Waals surface area contributed by atoms with E-state index in [-0.39, 0.29) is 11.5 Å². The first-order valence-corrected chi connectivity index (χ1v) is 5.86. The molecule has 2 aromatic carbocycles. The summed E-state index contributed by atoms with van der Waals surface area (Å²) >= 11 is 0. The largest absolute Gasteiger partial charge is 0.454 e. The SMILES string of the molecule is CCC(=O)c1ccc(Oc2cc(F)ccc2F)cc1. The number of rotatable bonds is 4. The van der Waals surface area contributed by atoms with E-state index in [1.807, 2.05) is 0 Å². The predicted molar refractivity (Wildman–Crippen MR) is 67.5 cm³/mol. The summed E-state index contributed by atoms with van der Waals surface area (Å²) in [6, 6.07) is 9.28. The Morgan fingerprint density at radius 2 is 1.79 bits per heavy atom. The van der Waals surface area contributed by atoms with Gasteiger partial charge in [-0.25, -0.2) is 8.78 Å². The summed E-state index contributed by atoms with van der Waals surface area (Å²) in [6.07, 6.45) is 0.415. The van der Waals surface area contributed by atoms with Gasteiger partial charge in [0.15, 0.2) is 17.3 Å². The standard InChI is InChI=1S/C15H12F2O2/c1-2-14(18)10-3-6-12(7-4-10)19-15-9-11(16)5-8-13(15)17/h3-9H,2H2,1H3. The van der Waals surface area contributed by atoms with E-state index in [4.69, 9.17) is 4.74 Å². The van der Waals surface area contributed by atoms with Crippen LogP contribution in [0.3, 0.4) is 0 Å². The van der Waals surface area contributed by atoms with Crippen LogP contribution in [0.15, 0.2) is 42.5 Å². The molecule has 0 amide bonds. The fourth-order valence-electron chi connectivity index (χ4n) is 1.60. The van der Waals surface area contributed by atoms with Crippen molar-refractivity contribution in [1.29, 1.82) is 0 Å². The molecule has 98 valence electrons. The molecular formula is C15H12F2O2. The molecule has 0 saturated carbocycles. The number of carbonyl (C=O) groups excluding carboxylic acids is 1. The second-order valence-electron chi connectivity index (χ2n) is 3.98. The van der Waals surface area contributed by atoms with Crippen LogP contribution in [0.25, 0.3) is 0 Å². The van der Waals surface area contributed by atoms with E-state index >= 15 is 0 Å². The molecule has 0 aliphatic heterocycles. The van der Waals surface area contributed by atoms with E-state index in [1.165, 1.54) is 0 Å². The molecule has 0 bridgehead atoms. The minimum Gasteiger partial charge on any atom is -0.454 e. The average molecular weight is 262 g/mol. The highest BCUT2D eigenvalue weighted by Gasteiger charge is 2.07. The molecule has 19 heavy (non-hydrogen) atoms. The number of benzene rings is 2. The molecule has 0 unspecified atom stereocenters. The maximum Gasteiger partial charge on any atom is 0.165 e. The summed E-state index contributed by atoms with van der Waals surface area (Å²) in [4.78, 5) is 11.4. The molecule has 2 aromatic rings. The van der Waals surface area contributed by atoms with Gasteiger partial charge in [0.1, 0.15) is 11.6 Å². The van der Waals surface area contributed by atoms with Gasteiger partial charge in [0, 0.05) is 18.1 Å². The van der Waals surface area contributed by atoms with Gasteiger partial charge in [0.25, 0.3) is 0 Å². The Kier molecular flexibility index (Phi) is 3.90. The zero-order valence-corrected chi connectivity index (χ0v) is 10.3. The molecule has 0 fully saturated rings. The Morgan fingerprint density at radius 1 is 1.11 bits per heavy atom. The predicted octanol–water partition coefficient (Wildman–Crippen LogP) is 4.35. The molecule has 2 rings (SSSR count). The lowest BCUT2D eigenvalue weighted by molar-refractivity contribution is 0.0988. The van der Waals surface area contributed by atoms with Crippen LogP contribution in [0.5, 0.6) is 11.5 Å². The van der Waals surface area contributed by atoms with Crippen LogP contribution >= 0.6 is 0 Å². The third-order valence-electron chi connectivity index (χ3n) is 2.62. The van der Waals surface area contributed by atoms with Crippen molar-refractivity contribution in [3.05, 3.63) is 59.7 Å². The number of hydrogen-bond donors (Lipinski definition) is 0. The number of carbonyl (C=O) groups is 1. The Bertz CT molecular complexity index is 592. The summed E-state index contributed by atoms with van der Waals surface area (Å²) in [5.41, 5.74) is 0.564.